The van der Waals surface area contributed by atoms with E-state index in [0.717, 1.165) is 25.9 Å². The van der Waals surface area contributed by atoms with Crippen LogP contribution in [0.3, 0.4) is 0 Å². The molecule has 0 fully saturated rings. The van der Waals surface area contributed by atoms with Crippen molar-refractivity contribution in [2.24, 2.45) is 5.73 Å². The number of hydrogen-bond donors (Lipinski definition) is 1. The highest BCUT2D eigenvalue weighted by Gasteiger charge is 2.24. The molecule has 158 valence electrons. The van der Waals surface area contributed by atoms with Crippen LogP contribution in [0.1, 0.15) is 37.0 Å². The number of nitrogens with two attached hydrogens (primary N) is 1. The molecule has 0 saturated carbocycles. The average molecular weight is 453 g/mol. The molecule has 4 rings (SSSR count). The Kier molecular flexibility index (Phi) is 6.06. The first-order valence-electron chi connectivity index (χ1n) is 9.50. The summed E-state index contributed by atoms with van der Waals surface area (Å²) in [5.41, 5.74) is 8.08. The van der Waals surface area contributed by atoms with Gasteiger partial charge < -0.3 is 15.1 Å². The zero-order chi connectivity index (χ0) is 22.0. The van der Waals surface area contributed by atoms with E-state index in [9.17, 15) is 9.59 Å². The first kappa shape index (κ1) is 21.1. The first-order chi connectivity index (χ1) is 14.9. The number of furan rings is 1. The molecule has 2 amide bonds. The predicted molar refractivity (Wildman–Crippen MR) is 121 cm³/mol. The second-order valence-electron chi connectivity index (χ2n) is 7.01. The van der Waals surface area contributed by atoms with Crippen LogP contribution in [-0.4, -0.2) is 34.0 Å². The number of hydrogen-bond acceptors (Lipinski definition) is 7. The normalized spacial score (nSPS) is 11.0. The fourth-order valence-electron chi connectivity index (χ4n) is 3.23. The quantitative estimate of drug-likeness (QED) is 0.421. The molecule has 0 atom stereocenters. The van der Waals surface area contributed by atoms with Gasteiger partial charge in [-0.25, -0.2) is 0 Å². The molecule has 0 unspecified atom stereocenters. The Morgan fingerprint density at radius 3 is 2.71 bits per heavy atom. The fraction of sp³-hybridized carbons (Fsp3) is 0.182. The molecule has 2 aromatic carbocycles. The van der Waals surface area contributed by atoms with Gasteiger partial charge in [-0.2, -0.15) is 0 Å². The summed E-state index contributed by atoms with van der Waals surface area (Å²) in [5, 5.41) is 10.0. The molecule has 0 radical (unpaired) electrons. The third-order valence-electron chi connectivity index (χ3n) is 4.72. The second kappa shape index (κ2) is 8.91. The minimum Gasteiger partial charge on any atom is -0.451 e. The van der Waals surface area contributed by atoms with Crippen molar-refractivity contribution in [3.63, 3.8) is 0 Å². The SMILES string of the molecule is Cc1nnc(SCc2c(C(=O)N(C)Cc3cccc(C(N)=O)c3)oc3ccccc23)s1. The first-order valence-corrected chi connectivity index (χ1v) is 11.3. The third kappa shape index (κ3) is 4.62. The maximum absolute atomic E-state index is 13.3. The van der Waals surface area contributed by atoms with Gasteiger partial charge in [0.25, 0.3) is 5.91 Å². The van der Waals surface area contributed by atoms with E-state index in [4.69, 9.17) is 10.2 Å². The predicted octanol–water partition coefficient (Wildman–Crippen LogP) is 4.26. The highest BCUT2D eigenvalue weighted by Crippen LogP contribution is 2.33. The highest BCUT2D eigenvalue weighted by molar-refractivity contribution is 8.00. The summed E-state index contributed by atoms with van der Waals surface area (Å²) >= 11 is 3.05. The van der Waals surface area contributed by atoms with E-state index >= 15 is 0 Å². The van der Waals surface area contributed by atoms with Crippen LogP contribution in [0.5, 0.6) is 0 Å². The van der Waals surface area contributed by atoms with Gasteiger partial charge in [-0.05, 0) is 30.7 Å². The molecule has 2 heterocycles. The smallest absolute Gasteiger partial charge is 0.289 e. The second-order valence-corrected chi connectivity index (χ2v) is 9.41. The number of carbonyl (C=O) groups is 2. The van der Waals surface area contributed by atoms with Gasteiger partial charge in [-0.3, -0.25) is 9.59 Å². The lowest BCUT2D eigenvalue weighted by Gasteiger charge is -2.17. The molecule has 31 heavy (non-hydrogen) atoms. The summed E-state index contributed by atoms with van der Waals surface area (Å²) in [7, 11) is 1.71. The van der Waals surface area contributed by atoms with Gasteiger partial charge in [0.05, 0.1) is 0 Å². The van der Waals surface area contributed by atoms with Crippen molar-refractivity contribution in [3.8, 4) is 0 Å². The number of primary amides is 1. The van der Waals surface area contributed by atoms with E-state index in [1.807, 2.05) is 37.3 Å². The summed E-state index contributed by atoms with van der Waals surface area (Å²) in [5.74, 6) is 0.116. The summed E-state index contributed by atoms with van der Waals surface area (Å²) in [6, 6.07) is 14.6. The number of fused-ring (bicyclic) bond motifs is 1. The Morgan fingerprint density at radius 2 is 1.97 bits per heavy atom. The number of carbonyl (C=O) groups excluding carboxylic acids is 2. The molecule has 0 aliphatic heterocycles. The van der Waals surface area contributed by atoms with Crippen LogP contribution in [-0.2, 0) is 12.3 Å². The lowest BCUT2D eigenvalue weighted by molar-refractivity contribution is 0.0754. The summed E-state index contributed by atoms with van der Waals surface area (Å²) in [4.78, 5) is 26.3. The molecule has 4 aromatic rings. The molecule has 9 heteroatoms. The van der Waals surface area contributed by atoms with Crippen LogP contribution in [0.4, 0.5) is 0 Å². The molecule has 0 saturated heterocycles. The van der Waals surface area contributed by atoms with Crippen molar-refractivity contribution in [1.82, 2.24) is 15.1 Å². The van der Waals surface area contributed by atoms with E-state index in [2.05, 4.69) is 10.2 Å². The van der Waals surface area contributed by atoms with Crippen molar-refractivity contribution >= 4 is 45.9 Å². The van der Waals surface area contributed by atoms with E-state index in [0.29, 0.717) is 29.2 Å². The zero-order valence-electron chi connectivity index (χ0n) is 17.0. The fourth-order valence-corrected chi connectivity index (χ4v) is 5.07. The van der Waals surface area contributed by atoms with Gasteiger partial charge in [0.15, 0.2) is 10.1 Å². The van der Waals surface area contributed by atoms with Crippen molar-refractivity contribution in [2.75, 3.05) is 7.05 Å². The number of benzene rings is 2. The van der Waals surface area contributed by atoms with Crippen LogP contribution >= 0.6 is 23.1 Å². The Hall–Kier alpha value is -3.17. The zero-order valence-corrected chi connectivity index (χ0v) is 18.6. The number of para-hydroxylation sites is 1. The Balaban J connectivity index is 1.60. The number of nitrogens with zero attached hydrogens (tertiary/aromatic N) is 3. The molecule has 2 aromatic heterocycles. The van der Waals surface area contributed by atoms with Crippen molar-refractivity contribution in [3.05, 3.63) is 76.0 Å². The topological polar surface area (TPSA) is 102 Å². The standard InChI is InChI=1S/C22H20N4O3S2/c1-13-24-25-22(31-13)30-12-17-16-8-3-4-9-18(16)29-19(17)21(28)26(2)11-14-6-5-7-15(10-14)20(23)27/h3-10H,11-12H2,1-2H3,(H2,23,27). The number of rotatable bonds is 7. The molecular weight excluding hydrogens is 432 g/mol. The largest absolute Gasteiger partial charge is 0.451 e. The van der Waals surface area contributed by atoms with Gasteiger partial charge in [-0.1, -0.05) is 53.4 Å². The monoisotopic (exact) mass is 452 g/mol. The maximum atomic E-state index is 13.3. The minimum absolute atomic E-state index is 0.232. The average Bonchev–Trinajstić information content (AvgIpc) is 3.34. The Bertz CT molecular complexity index is 1260. The maximum Gasteiger partial charge on any atom is 0.289 e. The Morgan fingerprint density at radius 1 is 1.16 bits per heavy atom. The van der Waals surface area contributed by atoms with Gasteiger partial charge >= 0.3 is 0 Å². The number of thioether (sulfide) groups is 1. The van der Waals surface area contributed by atoms with Gasteiger partial charge in [-0.15, -0.1) is 10.2 Å². The molecule has 7 nitrogen and oxygen atoms in total. The van der Waals surface area contributed by atoms with Crippen LogP contribution < -0.4 is 5.73 Å². The van der Waals surface area contributed by atoms with Crippen LogP contribution in [0.15, 0.2) is 57.3 Å². The number of aryl methyl sites for hydroxylation is 1. The third-order valence-corrected chi connectivity index (χ3v) is 6.72. The Labute approximate surface area is 187 Å². The van der Waals surface area contributed by atoms with E-state index in [1.54, 1.807) is 30.1 Å². The minimum atomic E-state index is -0.501. The van der Waals surface area contributed by atoms with E-state index < -0.39 is 5.91 Å². The lowest BCUT2D eigenvalue weighted by atomic mass is 10.1. The lowest BCUT2D eigenvalue weighted by Crippen LogP contribution is -2.26. The van der Waals surface area contributed by atoms with Gasteiger partial charge in [0.2, 0.25) is 5.91 Å². The summed E-state index contributed by atoms with van der Waals surface area (Å²) < 4.78 is 6.81. The van der Waals surface area contributed by atoms with Crippen LogP contribution in [0.2, 0.25) is 0 Å². The van der Waals surface area contributed by atoms with Crippen molar-refractivity contribution in [1.29, 1.82) is 0 Å². The number of aromatic nitrogens is 2. The molecule has 0 bridgehead atoms. The number of amides is 2. The van der Waals surface area contributed by atoms with Crippen LogP contribution in [0.25, 0.3) is 11.0 Å². The molecular formula is C22H20N4O3S2. The molecule has 0 aliphatic rings. The molecule has 0 spiro atoms. The van der Waals surface area contributed by atoms with Crippen molar-refractivity contribution in [2.45, 2.75) is 23.6 Å². The van der Waals surface area contributed by atoms with E-state index in [-0.39, 0.29) is 5.91 Å². The summed E-state index contributed by atoms with van der Waals surface area (Å²) in [6.45, 7) is 2.23. The molecule has 0 aliphatic carbocycles. The highest BCUT2D eigenvalue weighted by atomic mass is 32.2. The van der Waals surface area contributed by atoms with Crippen molar-refractivity contribution < 1.29 is 14.0 Å². The molecule has 2 N–H and O–H groups in total. The van der Waals surface area contributed by atoms with Gasteiger partial charge in [0.1, 0.15) is 10.6 Å². The summed E-state index contributed by atoms with van der Waals surface area (Å²) in [6.07, 6.45) is 0. The van der Waals surface area contributed by atoms with E-state index in [1.165, 1.54) is 23.1 Å². The van der Waals surface area contributed by atoms with Crippen LogP contribution in [0, 0.1) is 6.92 Å². The van der Waals surface area contributed by atoms with Gasteiger partial charge in [0, 0.05) is 35.9 Å².